The van der Waals surface area contributed by atoms with E-state index < -0.39 is 0 Å². The molecule has 0 spiro atoms. The standard InChI is InChI=1S/C8H17ClO/c1-4-8(7(2)9)5-6-10-3/h7-8H,4-6H2,1-3H3. The van der Waals surface area contributed by atoms with Crippen molar-refractivity contribution in [3.8, 4) is 0 Å². The van der Waals surface area contributed by atoms with Gasteiger partial charge < -0.3 is 4.74 Å². The maximum absolute atomic E-state index is 5.92. The van der Waals surface area contributed by atoms with Crippen LogP contribution >= 0.6 is 11.6 Å². The molecule has 2 atom stereocenters. The lowest BCUT2D eigenvalue weighted by Gasteiger charge is -2.15. The molecule has 0 rings (SSSR count). The fraction of sp³-hybridized carbons (Fsp3) is 1.00. The van der Waals surface area contributed by atoms with E-state index in [1.165, 1.54) is 0 Å². The topological polar surface area (TPSA) is 9.23 Å². The van der Waals surface area contributed by atoms with Gasteiger partial charge >= 0.3 is 0 Å². The average Bonchev–Trinajstić information content (AvgIpc) is 1.89. The Morgan fingerprint density at radius 1 is 1.50 bits per heavy atom. The van der Waals surface area contributed by atoms with Gasteiger partial charge in [0.1, 0.15) is 0 Å². The van der Waals surface area contributed by atoms with Crippen molar-refractivity contribution in [2.75, 3.05) is 13.7 Å². The molecule has 0 bridgehead atoms. The van der Waals surface area contributed by atoms with Crippen LogP contribution in [-0.2, 0) is 4.74 Å². The van der Waals surface area contributed by atoms with Gasteiger partial charge in [0.15, 0.2) is 0 Å². The number of ether oxygens (including phenoxy) is 1. The zero-order valence-corrected chi connectivity index (χ0v) is 7.82. The van der Waals surface area contributed by atoms with E-state index in [0.717, 1.165) is 19.4 Å². The molecular weight excluding hydrogens is 148 g/mol. The summed E-state index contributed by atoms with van der Waals surface area (Å²) in [5.74, 6) is 0.613. The minimum Gasteiger partial charge on any atom is -0.385 e. The first-order chi connectivity index (χ1) is 4.72. The van der Waals surface area contributed by atoms with Gasteiger partial charge in [0, 0.05) is 19.1 Å². The highest BCUT2D eigenvalue weighted by molar-refractivity contribution is 6.20. The molecule has 0 fully saturated rings. The molecule has 2 unspecified atom stereocenters. The van der Waals surface area contributed by atoms with Gasteiger partial charge in [0.2, 0.25) is 0 Å². The Labute approximate surface area is 68.7 Å². The molecule has 0 saturated heterocycles. The van der Waals surface area contributed by atoms with Crippen LogP contribution in [0, 0.1) is 5.92 Å². The van der Waals surface area contributed by atoms with E-state index in [2.05, 4.69) is 6.92 Å². The van der Waals surface area contributed by atoms with Gasteiger partial charge in [-0.2, -0.15) is 0 Å². The monoisotopic (exact) mass is 164 g/mol. The van der Waals surface area contributed by atoms with Gasteiger partial charge in [-0.15, -0.1) is 11.6 Å². The molecule has 0 amide bonds. The molecule has 0 aromatic carbocycles. The van der Waals surface area contributed by atoms with E-state index in [9.17, 15) is 0 Å². The van der Waals surface area contributed by atoms with Crippen LogP contribution in [0.25, 0.3) is 0 Å². The van der Waals surface area contributed by atoms with Crippen molar-refractivity contribution in [1.82, 2.24) is 0 Å². The maximum Gasteiger partial charge on any atom is 0.0465 e. The van der Waals surface area contributed by atoms with Crippen LogP contribution in [0.15, 0.2) is 0 Å². The van der Waals surface area contributed by atoms with E-state index in [0.29, 0.717) is 5.92 Å². The summed E-state index contributed by atoms with van der Waals surface area (Å²) in [5.41, 5.74) is 0. The largest absolute Gasteiger partial charge is 0.385 e. The van der Waals surface area contributed by atoms with Crippen LogP contribution in [0.5, 0.6) is 0 Å². The second-order valence-corrected chi connectivity index (χ2v) is 3.32. The zero-order valence-electron chi connectivity index (χ0n) is 7.06. The van der Waals surface area contributed by atoms with Crippen molar-refractivity contribution in [2.24, 2.45) is 5.92 Å². The van der Waals surface area contributed by atoms with E-state index in [4.69, 9.17) is 16.3 Å². The SMILES string of the molecule is CCC(CCOC)C(C)Cl. The van der Waals surface area contributed by atoms with Crippen LogP contribution in [0.2, 0.25) is 0 Å². The molecular formula is C8H17ClO. The maximum atomic E-state index is 5.92. The Bertz CT molecular complexity index is 73.7. The average molecular weight is 165 g/mol. The van der Waals surface area contributed by atoms with Gasteiger partial charge in [-0.25, -0.2) is 0 Å². The van der Waals surface area contributed by atoms with Crippen molar-refractivity contribution in [3.05, 3.63) is 0 Å². The summed E-state index contributed by atoms with van der Waals surface area (Å²) < 4.78 is 4.97. The third-order valence-corrected chi connectivity index (χ3v) is 2.22. The quantitative estimate of drug-likeness (QED) is 0.568. The number of hydrogen-bond acceptors (Lipinski definition) is 1. The van der Waals surface area contributed by atoms with Crippen molar-refractivity contribution < 1.29 is 4.74 Å². The normalized spacial score (nSPS) is 16.8. The number of alkyl halides is 1. The molecule has 0 aliphatic carbocycles. The lowest BCUT2D eigenvalue weighted by atomic mass is 10.00. The van der Waals surface area contributed by atoms with E-state index in [1.807, 2.05) is 6.92 Å². The Morgan fingerprint density at radius 3 is 2.40 bits per heavy atom. The zero-order chi connectivity index (χ0) is 7.98. The fourth-order valence-electron chi connectivity index (χ4n) is 1.03. The molecule has 1 nitrogen and oxygen atoms in total. The molecule has 0 heterocycles. The van der Waals surface area contributed by atoms with Crippen LogP contribution < -0.4 is 0 Å². The molecule has 2 heteroatoms. The molecule has 10 heavy (non-hydrogen) atoms. The molecule has 0 aliphatic heterocycles. The number of rotatable bonds is 5. The fourth-order valence-corrected chi connectivity index (χ4v) is 1.33. The Hall–Kier alpha value is 0.250. The summed E-state index contributed by atoms with van der Waals surface area (Å²) in [6, 6.07) is 0. The van der Waals surface area contributed by atoms with Crippen LogP contribution in [0.4, 0.5) is 0 Å². The first kappa shape index (κ1) is 10.2. The summed E-state index contributed by atoms with van der Waals surface area (Å²) >= 11 is 5.92. The highest BCUT2D eigenvalue weighted by Crippen LogP contribution is 2.17. The van der Waals surface area contributed by atoms with Crippen molar-refractivity contribution in [1.29, 1.82) is 0 Å². The van der Waals surface area contributed by atoms with Gasteiger partial charge in [-0.05, 0) is 19.3 Å². The smallest absolute Gasteiger partial charge is 0.0465 e. The summed E-state index contributed by atoms with van der Waals surface area (Å²) in [6.07, 6.45) is 2.23. The number of methoxy groups -OCH3 is 1. The van der Waals surface area contributed by atoms with E-state index in [1.54, 1.807) is 7.11 Å². The molecule has 0 radical (unpaired) electrons. The summed E-state index contributed by atoms with van der Waals surface area (Å²) in [4.78, 5) is 0. The van der Waals surface area contributed by atoms with Gasteiger partial charge in [-0.3, -0.25) is 0 Å². The summed E-state index contributed by atoms with van der Waals surface area (Å²) in [6.45, 7) is 5.04. The Morgan fingerprint density at radius 2 is 2.10 bits per heavy atom. The minimum absolute atomic E-state index is 0.278. The molecule has 62 valence electrons. The molecule has 0 aliphatic rings. The third-order valence-electron chi connectivity index (χ3n) is 1.87. The van der Waals surface area contributed by atoms with Crippen LogP contribution in [0.1, 0.15) is 26.7 Å². The predicted octanol–water partition coefficient (Wildman–Crippen LogP) is 2.68. The van der Waals surface area contributed by atoms with Gasteiger partial charge in [0.25, 0.3) is 0 Å². The molecule has 0 N–H and O–H groups in total. The first-order valence-electron chi connectivity index (χ1n) is 3.85. The van der Waals surface area contributed by atoms with Crippen molar-refractivity contribution in [2.45, 2.75) is 32.1 Å². The third kappa shape index (κ3) is 4.13. The van der Waals surface area contributed by atoms with E-state index >= 15 is 0 Å². The summed E-state index contributed by atoms with van der Waals surface area (Å²) in [5, 5.41) is 0.278. The summed E-state index contributed by atoms with van der Waals surface area (Å²) in [7, 11) is 1.73. The molecule has 0 aromatic rings. The van der Waals surface area contributed by atoms with E-state index in [-0.39, 0.29) is 5.38 Å². The second-order valence-electron chi connectivity index (χ2n) is 2.63. The predicted molar refractivity (Wildman–Crippen MR) is 45.6 cm³/mol. The van der Waals surface area contributed by atoms with Gasteiger partial charge in [0.05, 0.1) is 0 Å². The number of hydrogen-bond donors (Lipinski definition) is 0. The second kappa shape index (κ2) is 5.99. The first-order valence-corrected chi connectivity index (χ1v) is 4.29. The van der Waals surface area contributed by atoms with Crippen LogP contribution in [-0.4, -0.2) is 19.1 Å². The lowest BCUT2D eigenvalue weighted by molar-refractivity contribution is 0.175. The van der Waals surface area contributed by atoms with Crippen molar-refractivity contribution in [3.63, 3.8) is 0 Å². The lowest BCUT2D eigenvalue weighted by Crippen LogP contribution is -2.12. The highest BCUT2D eigenvalue weighted by Gasteiger charge is 2.11. The van der Waals surface area contributed by atoms with Crippen LogP contribution in [0.3, 0.4) is 0 Å². The molecule has 0 saturated carbocycles. The van der Waals surface area contributed by atoms with Crippen molar-refractivity contribution >= 4 is 11.6 Å². The number of halogens is 1. The highest BCUT2D eigenvalue weighted by atomic mass is 35.5. The Kier molecular flexibility index (Phi) is 6.14. The van der Waals surface area contributed by atoms with Gasteiger partial charge in [-0.1, -0.05) is 13.3 Å². The molecule has 0 aromatic heterocycles. The minimum atomic E-state index is 0.278. The Balaban J connectivity index is 3.40.